The summed E-state index contributed by atoms with van der Waals surface area (Å²) in [6.07, 6.45) is 7.32. The van der Waals surface area contributed by atoms with E-state index in [-0.39, 0.29) is 24.5 Å². The Morgan fingerprint density at radius 2 is 1.85 bits per heavy atom. The Kier molecular flexibility index (Phi) is 5.82. The second kappa shape index (κ2) is 9.22. The van der Waals surface area contributed by atoms with Crippen molar-refractivity contribution in [3.63, 3.8) is 0 Å². The van der Waals surface area contributed by atoms with E-state index in [0.29, 0.717) is 5.11 Å². The molecule has 0 saturated carbocycles. The number of anilines is 1. The number of amides is 1. The molecule has 5 rings (SSSR count). The topological polar surface area (TPSA) is 75.1 Å². The number of rotatable bonds is 6. The largest absolute Gasteiger partial charge is 0.352 e. The van der Waals surface area contributed by atoms with Crippen molar-refractivity contribution in [1.82, 2.24) is 24.8 Å². The van der Waals surface area contributed by atoms with Crippen LogP contribution in [0.4, 0.5) is 5.69 Å². The van der Waals surface area contributed by atoms with Crippen molar-refractivity contribution >= 4 is 28.9 Å². The lowest BCUT2D eigenvalue weighted by Gasteiger charge is -2.28. The van der Waals surface area contributed by atoms with Gasteiger partial charge in [-0.1, -0.05) is 24.3 Å². The van der Waals surface area contributed by atoms with E-state index in [1.54, 1.807) is 12.4 Å². The predicted molar refractivity (Wildman–Crippen MR) is 131 cm³/mol. The molecule has 1 saturated heterocycles. The highest BCUT2D eigenvalue weighted by molar-refractivity contribution is 7.80. The van der Waals surface area contributed by atoms with Gasteiger partial charge in [-0.3, -0.25) is 14.8 Å². The smallest absolute Gasteiger partial charge is 0.244 e. The molecule has 164 valence electrons. The Morgan fingerprint density at radius 1 is 1.00 bits per heavy atom. The molecule has 1 amide bonds. The molecular formula is C25H22N6OS. The molecule has 0 aliphatic carbocycles. The van der Waals surface area contributed by atoms with Gasteiger partial charge in [-0.2, -0.15) is 0 Å². The number of carbonyl (C=O) groups excluding carboxylic acids is 1. The molecule has 1 aliphatic rings. The normalized spacial score (nSPS) is 17.6. The van der Waals surface area contributed by atoms with Crippen molar-refractivity contribution in [2.75, 3.05) is 11.9 Å². The average molecular weight is 455 g/mol. The van der Waals surface area contributed by atoms with E-state index in [1.165, 1.54) is 0 Å². The van der Waals surface area contributed by atoms with E-state index in [1.807, 2.05) is 90.1 Å². The first-order valence-electron chi connectivity index (χ1n) is 10.6. The number of hydrogen-bond donors (Lipinski definition) is 2. The van der Waals surface area contributed by atoms with Crippen LogP contribution in [-0.4, -0.2) is 37.0 Å². The first kappa shape index (κ1) is 20.8. The fraction of sp³-hybridized carbons (Fsp3) is 0.120. The highest BCUT2D eigenvalue weighted by Gasteiger charge is 2.42. The van der Waals surface area contributed by atoms with Crippen molar-refractivity contribution in [2.24, 2.45) is 0 Å². The third-order valence-corrected chi connectivity index (χ3v) is 5.93. The molecule has 1 aliphatic heterocycles. The fourth-order valence-electron chi connectivity index (χ4n) is 4.14. The Hall–Kier alpha value is -4.04. The number of nitrogens with zero attached hydrogens (tertiary/aromatic N) is 4. The summed E-state index contributed by atoms with van der Waals surface area (Å²) in [6.45, 7) is 0.104. The van der Waals surface area contributed by atoms with Crippen LogP contribution in [0.2, 0.25) is 0 Å². The molecular weight excluding hydrogens is 432 g/mol. The highest BCUT2D eigenvalue weighted by Crippen LogP contribution is 2.39. The van der Waals surface area contributed by atoms with E-state index in [4.69, 9.17) is 12.2 Å². The van der Waals surface area contributed by atoms with Gasteiger partial charge in [0.1, 0.15) is 6.54 Å². The summed E-state index contributed by atoms with van der Waals surface area (Å²) in [7, 11) is 0. The van der Waals surface area contributed by atoms with Crippen LogP contribution < -0.4 is 10.6 Å². The van der Waals surface area contributed by atoms with Crippen LogP contribution in [0.3, 0.4) is 0 Å². The maximum Gasteiger partial charge on any atom is 0.244 e. The third kappa shape index (κ3) is 4.33. The minimum atomic E-state index is -0.246. The van der Waals surface area contributed by atoms with Crippen LogP contribution in [0.1, 0.15) is 23.5 Å². The minimum absolute atomic E-state index is 0.104. The van der Waals surface area contributed by atoms with Gasteiger partial charge in [0.05, 0.1) is 29.7 Å². The van der Waals surface area contributed by atoms with Crippen LogP contribution in [-0.2, 0) is 4.79 Å². The van der Waals surface area contributed by atoms with Gasteiger partial charge < -0.3 is 20.1 Å². The fourth-order valence-corrected chi connectivity index (χ4v) is 4.45. The monoisotopic (exact) mass is 454 g/mol. The first-order chi connectivity index (χ1) is 16.2. The molecule has 7 nitrogen and oxygen atoms in total. The molecule has 0 radical (unpaired) electrons. The molecule has 3 aromatic heterocycles. The van der Waals surface area contributed by atoms with Gasteiger partial charge in [0.2, 0.25) is 5.91 Å². The number of hydrogen-bond acceptors (Lipinski definition) is 4. The average Bonchev–Trinajstić information content (AvgIpc) is 3.45. The lowest BCUT2D eigenvalue weighted by atomic mass is 10.0. The molecule has 0 spiro atoms. The summed E-state index contributed by atoms with van der Waals surface area (Å²) < 4.78 is 2.07. The van der Waals surface area contributed by atoms with Gasteiger partial charge in [0.15, 0.2) is 5.11 Å². The third-order valence-electron chi connectivity index (χ3n) is 5.58. The molecule has 0 bridgehead atoms. The van der Waals surface area contributed by atoms with Crippen LogP contribution in [0, 0.1) is 0 Å². The summed E-state index contributed by atoms with van der Waals surface area (Å²) >= 11 is 5.70. The Morgan fingerprint density at radius 3 is 2.61 bits per heavy atom. The number of benzene rings is 1. The van der Waals surface area contributed by atoms with Crippen LogP contribution in [0.5, 0.6) is 0 Å². The zero-order valence-corrected chi connectivity index (χ0v) is 18.5. The van der Waals surface area contributed by atoms with Crippen molar-refractivity contribution in [1.29, 1.82) is 0 Å². The van der Waals surface area contributed by atoms with Gasteiger partial charge in [-0.25, -0.2) is 0 Å². The van der Waals surface area contributed by atoms with Crippen molar-refractivity contribution in [2.45, 2.75) is 12.1 Å². The van der Waals surface area contributed by atoms with Gasteiger partial charge in [-0.15, -0.1) is 0 Å². The Labute approximate surface area is 197 Å². The van der Waals surface area contributed by atoms with Gasteiger partial charge in [0.25, 0.3) is 0 Å². The SMILES string of the molecule is O=C(CN1C(=S)N[C@@H](c2ccccn2)[C@@H]1c1cccn1-c1cccnc1)Nc1ccccc1. The van der Waals surface area contributed by atoms with Crippen LogP contribution in [0.25, 0.3) is 5.69 Å². The standard InChI is InChI=1S/C25H22N6OS/c32-22(28-18-8-2-1-3-9-18)17-31-24(23(29-25(31)33)20-11-4-5-14-27-20)21-12-7-15-30(21)19-10-6-13-26-16-19/h1-16,23-24H,17H2,(H,28,32)(H,29,33)/t23-,24-/m0/s1. The zero-order valence-electron chi connectivity index (χ0n) is 17.7. The zero-order chi connectivity index (χ0) is 22.6. The second-order valence-corrected chi connectivity index (χ2v) is 8.07. The second-order valence-electron chi connectivity index (χ2n) is 7.68. The Bertz CT molecular complexity index is 1250. The highest BCUT2D eigenvalue weighted by atomic mass is 32.1. The predicted octanol–water partition coefficient (Wildman–Crippen LogP) is 3.88. The summed E-state index contributed by atoms with van der Waals surface area (Å²) in [5.41, 5.74) is 3.52. The summed E-state index contributed by atoms with van der Waals surface area (Å²) in [6, 6.07) is 22.7. The van der Waals surface area contributed by atoms with E-state index in [9.17, 15) is 4.79 Å². The van der Waals surface area contributed by atoms with Crippen molar-refractivity contribution in [3.05, 3.63) is 109 Å². The maximum absolute atomic E-state index is 13.0. The van der Waals surface area contributed by atoms with Gasteiger partial charge in [0, 0.05) is 30.0 Å². The van der Waals surface area contributed by atoms with E-state index < -0.39 is 0 Å². The number of thiocarbonyl (C=S) groups is 1. The number of para-hydroxylation sites is 1. The lowest BCUT2D eigenvalue weighted by Crippen LogP contribution is -2.37. The number of aromatic nitrogens is 3. The molecule has 4 heterocycles. The molecule has 2 N–H and O–H groups in total. The molecule has 33 heavy (non-hydrogen) atoms. The lowest BCUT2D eigenvalue weighted by molar-refractivity contribution is -0.116. The van der Waals surface area contributed by atoms with Gasteiger partial charge in [-0.05, 0) is 60.7 Å². The molecule has 2 atom stereocenters. The number of nitrogens with one attached hydrogen (secondary N) is 2. The minimum Gasteiger partial charge on any atom is -0.352 e. The van der Waals surface area contributed by atoms with Crippen molar-refractivity contribution < 1.29 is 4.79 Å². The van der Waals surface area contributed by atoms with Crippen LogP contribution in [0.15, 0.2) is 97.6 Å². The van der Waals surface area contributed by atoms with E-state index in [2.05, 4.69) is 25.2 Å². The molecule has 1 fully saturated rings. The molecule has 8 heteroatoms. The van der Waals surface area contributed by atoms with Crippen molar-refractivity contribution in [3.8, 4) is 5.69 Å². The number of pyridine rings is 2. The summed E-state index contributed by atoms with van der Waals surface area (Å²) in [5.74, 6) is -0.142. The quantitative estimate of drug-likeness (QED) is 0.431. The first-order valence-corrected chi connectivity index (χ1v) is 11.0. The molecule has 1 aromatic carbocycles. The van der Waals surface area contributed by atoms with E-state index in [0.717, 1.165) is 22.8 Å². The Balaban J connectivity index is 1.51. The number of carbonyl (C=O) groups is 1. The summed E-state index contributed by atoms with van der Waals surface area (Å²) in [4.78, 5) is 23.7. The van der Waals surface area contributed by atoms with Crippen LogP contribution >= 0.6 is 12.2 Å². The van der Waals surface area contributed by atoms with Gasteiger partial charge >= 0.3 is 0 Å². The maximum atomic E-state index is 13.0. The summed E-state index contributed by atoms with van der Waals surface area (Å²) in [5, 5.41) is 6.86. The molecule has 4 aromatic rings. The molecule has 0 unspecified atom stereocenters. The van der Waals surface area contributed by atoms with E-state index >= 15 is 0 Å².